The van der Waals surface area contributed by atoms with Crippen LogP contribution in [0.2, 0.25) is 0 Å². The highest BCUT2D eigenvalue weighted by Crippen LogP contribution is 2.31. The maximum Gasteiger partial charge on any atom is 0.225 e. The van der Waals surface area contributed by atoms with Crippen LogP contribution in [-0.2, 0) is 14.8 Å². The van der Waals surface area contributed by atoms with E-state index in [2.05, 4.69) is 10.0 Å². The first kappa shape index (κ1) is 24.7. The minimum atomic E-state index is -3.55. The number of hydrogen-bond acceptors (Lipinski definition) is 5. The van der Waals surface area contributed by atoms with Gasteiger partial charge in [-0.05, 0) is 68.6 Å². The van der Waals surface area contributed by atoms with E-state index in [0.29, 0.717) is 50.2 Å². The lowest BCUT2D eigenvalue weighted by Crippen LogP contribution is -2.43. The second kappa shape index (κ2) is 11.2. The molecule has 1 aliphatic carbocycles. The molecule has 7 nitrogen and oxygen atoms in total. The summed E-state index contributed by atoms with van der Waals surface area (Å²) in [5.41, 5.74) is 0.671. The number of allylic oxidation sites excluding steroid dienone is 2. The molecule has 1 aliphatic heterocycles. The number of carbonyl (C=O) groups excluding carboxylic acids is 1. The summed E-state index contributed by atoms with van der Waals surface area (Å²) in [6, 6.07) is 4.02. The van der Waals surface area contributed by atoms with Gasteiger partial charge in [-0.1, -0.05) is 25.1 Å². The van der Waals surface area contributed by atoms with Gasteiger partial charge in [-0.2, -0.15) is 0 Å². The number of ether oxygens (including phenoxy) is 1. The van der Waals surface area contributed by atoms with Gasteiger partial charge in [0, 0.05) is 12.0 Å². The zero-order valence-corrected chi connectivity index (χ0v) is 19.2. The SMILES string of the molecule is CC[C@@H](NS(=O)(=O)CC/C=C/C[C@@H]1CCC(O)NC1=O)c1ccc(F)c(OCC2CC2)c1. The van der Waals surface area contributed by atoms with Crippen LogP contribution in [0.3, 0.4) is 0 Å². The zero-order valence-electron chi connectivity index (χ0n) is 18.4. The van der Waals surface area contributed by atoms with E-state index >= 15 is 0 Å². The highest BCUT2D eigenvalue weighted by atomic mass is 32.2. The molecule has 9 heteroatoms. The number of nitrogens with one attached hydrogen (secondary N) is 2. The number of amides is 1. The topological polar surface area (TPSA) is 105 Å². The van der Waals surface area contributed by atoms with Crippen molar-refractivity contribution in [2.24, 2.45) is 11.8 Å². The Morgan fingerprint density at radius 3 is 2.75 bits per heavy atom. The monoisotopic (exact) mass is 468 g/mol. The van der Waals surface area contributed by atoms with Crippen molar-refractivity contribution in [2.45, 2.75) is 64.1 Å². The maximum absolute atomic E-state index is 14.1. The summed E-state index contributed by atoms with van der Waals surface area (Å²) in [7, 11) is -3.55. The van der Waals surface area contributed by atoms with Gasteiger partial charge in [0.05, 0.1) is 12.4 Å². The Morgan fingerprint density at radius 2 is 2.06 bits per heavy atom. The first-order valence-electron chi connectivity index (χ1n) is 11.3. The molecule has 2 fully saturated rings. The Labute approximate surface area is 189 Å². The van der Waals surface area contributed by atoms with Crippen LogP contribution in [0.1, 0.15) is 63.5 Å². The van der Waals surface area contributed by atoms with Crippen molar-refractivity contribution in [3.05, 3.63) is 41.7 Å². The number of halogens is 1. The molecule has 1 unspecified atom stereocenters. The molecule has 3 rings (SSSR count). The molecule has 1 heterocycles. The number of sulfonamides is 1. The predicted molar refractivity (Wildman–Crippen MR) is 120 cm³/mol. The predicted octanol–water partition coefficient (Wildman–Crippen LogP) is 3.17. The van der Waals surface area contributed by atoms with Gasteiger partial charge in [0.1, 0.15) is 6.23 Å². The molecule has 0 bridgehead atoms. The van der Waals surface area contributed by atoms with Gasteiger partial charge in [-0.3, -0.25) is 4.79 Å². The molecule has 0 spiro atoms. The third kappa shape index (κ3) is 7.56. The van der Waals surface area contributed by atoms with Gasteiger partial charge >= 0.3 is 0 Å². The molecule has 1 amide bonds. The van der Waals surface area contributed by atoms with E-state index in [1.54, 1.807) is 18.2 Å². The van der Waals surface area contributed by atoms with Gasteiger partial charge < -0.3 is 15.2 Å². The van der Waals surface area contributed by atoms with Crippen molar-refractivity contribution < 1.29 is 27.4 Å². The Kier molecular flexibility index (Phi) is 8.67. The van der Waals surface area contributed by atoms with Crippen LogP contribution in [0.4, 0.5) is 4.39 Å². The molecule has 0 radical (unpaired) electrons. The first-order valence-corrected chi connectivity index (χ1v) is 13.0. The fourth-order valence-electron chi connectivity index (χ4n) is 3.67. The summed E-state index contributed by atoms with van der Waals surface area (Å²) >= 11 is 0. The Hall–Kier alpha value is -1.97. The number of carbonyl (C=O) groups is 1. The Morgan fingerprint density at radius 1 is 1.28 bits per heavy atom. The van der Waals surface area contributed by atoms with Crippen molar-refractivity contribution in [2.75, 3.05) is 12.4 Å². The van der Waals surface area contributed by atoms with E-state index in [9.17, 15) is 22.7 Å². The van der Waals surface area contributed by atoms with Crippen LogP contribution in [0.5, 0.6) is 5.75 Å². The minimum Gasteiger partial charge on any atom is -0.490 e. The Bertz CT molecular complexity index is 917. The van der Waals surface area contributed by atoms with Gasteiger partial charge in [0.2, 0.25) is 15.9 Å². The minimum absolute atomic E-state index is 0.0815. The van der Waals surface area contributed by atoms with Crippen LogP contribution in [0, 0.1) is 17.7 Å². The number of aliphatic hydroxyl groups is 1. The molecular formula is C23H33FN2O5S. The summed E-state index contributed by atoms with van der Waals surface area (Å²) in [6.45, 7) is 2.35. The number of piperidine rings is 1. The standard InChI is InChI=1S/C23H33FN2O5S/c1-2-20(18-9-11-19(24)21(14-18)31-15-16-7-8-16)26-32(29,30)13-5-3-4-6-17-10-12-22(27)25-23(17)28/h3-4,9,11,14,16-17,20,22,26-27H,2,5-8,10,12-13,15H2,1H3,(H,25,28)/b4-3+/t17-,20-,22?/m1/s1. The zero-order chi connectivity index (χ0) is 23.1. The van der Waals surface area contributed by atoms with E-state index in [1.165, 1.54) is 6.07 Å². The third-order valence-corrected chi connectivity index (χ3v) is 7.28. The molecule has 1 saturated heterocycles. The van der Waals surface area contributed by atoms with Crippen molar-refractivity contribution in [1.29, 1.82) is 0 Å². The molecule has 2 aliphatic rings. The van der Waals surface area contributed by atoms with E-state index in [1.807, 2.05) is 13.0 Å². The molecule has 178 valence electrons. The molecular weight excluding hydrogens is 435 g/mol. The van der Waals surface area contributed by atoms with Gasteiger partial charge in [-0.15, -0.1) is 0 Å². The Balaban J connectivity index is 1.49. The molecule has 0 aromatic heterocycles. The summed E-state index contributed by atoms with van der Waals surface area (Å²) in [4.78, 5) is 11.8. The molecule has 32 heavy (non-hydrogen) atoms. The maximum atomic E-state index is 14.1. The fraction of sp³-hybridized carbons (Fsp3) is 0.609. The van der Waals surface area contributed by atoms with Crippen molar-refractivity contribution >= 4 is 15.9 Å². The average Bonchev–Trinajstić information content (AvgIpc) is 3.57. The second-order valence-corrected chi connectivity index (χ2v) is 10.5. The van der Waals surface area contributed by atoms with Crippen LogP contribution in [0.25, 0.3) is 0 Å². The third-order valence-electron chi connectivity index (χ3n) is 5.87. The lowest BCUT2D eigenvalue weighted by Gasteiger charge is -2.24. The summed E-state index contributed by atoms with van der Waals surface area (Å²) in [6.07, 6.45) is 7.51. The summed E-state index contributed by atoms with van der Waals surface area (Å²) in [5.74, 6) is -0.239. The van der Waals surface area contributed by atoms with E-state index in [-0.39, 0.29) is 23.3 Å². The van der Waals surface area contributed by atoms with E-state index in [4.69, 9.17) is 4.74 Å². The fourth-order valence-corrected chi connectivity index (χ4v) is 4.97. The van der Waals surface area contributed by atoms with Gasteiger partial charge in [-0.25, -0.2) is 17.5 Å². The van der Waals surface area contributed by atoms with Crippen LogP contribution >= 0.6 is 0 Å². The quantitative estimate of drug-likeness (QED) is 0.409. The van der Waals surface area contributed by atoms with E-state index in [0.717, 1.165) is 12.8 Å². The molecule has 3 atom stereocenters. The summed E-state index contributed by atoms with van der Waals surface area (Å²) in [5, 5.41) is 11.9. The van der Waals surface area contributed by atoms with Crippen molar-refractivity contribution in [3.63, 3.8) is 0 Å². The smallest absolute Gasteiger partial charge is 0.225 e. The lowest BCUT2D eigenvalue weighted by atomic mass is 9.94. The first-order chi connectivity index (χ1) is 15.3. The molecule has 1 aromatic rings. The van der Waals surface area contributed by atoms with E-state index < -0.39 is 28.1 Å². The number of hydrogen-bond donors (Lipinski definition) is 3. The van der Waals surface area contributed by atoms with Crippen LogP contribution in [-0.4, -0.2) is 38.0 Å². The molecule has 1 saturated carbocycles. The highest BCUT2D eigenvalue weighted by Gasteiger charge is 2.26. The van der Waals surface area contributed by atoms with Crippen LogP contribution in [0.15, 0.2) is 30.4 Å². The highest BCUT2D eigenvalue weighted by molar-refractivity contribution is 7.89. The number of rotatable bonds is 12. The molecule has 3 N–H and O–H groups in total. The molecule has 1 aromatic carbocycles. The lowest BCUT2D eigenvalue weighted by molar-refractivity contribution is -0.131. The van der Waals surface area contributed by atoms with Crippen molar-refractivity contribution in [1.82, 2.24) is 10.0 Å². The average molecular weight is 469 g/mol. The number of aliphatic hydroxyl groups excluding tert-OH is 1. The second-order valence-electron chi connectivity index (χ2n) is 8.64. The van der Waals surface area contributed by atoms with Crippen LogP contribution < -0.4 is 14.8 Å². The normalized spacial score (nSPS) is 22.7. The van der Waals surface area contributed by atoms with Crippen molar-refractivity contribution in [3.8, 4) is 5.75 Å². The van der Waals surface area contributed by atoms with Gasteiger partial charge in [0.15, 0.2) is 11.6 Å². The van der Waals surface area contributed by atoms with Gasteiger partial charge in [0.25, 0.3) is 0 Å². The largest absolute Gasteiger partial charge is 0.490 e. The number of benzene rings is 1. The summed E-state index contributed by atoms with van der Waals surface area (Å²) < 4.78 is 47.5.